The molecule has 5 unspecified atom stereocenters. The fourth-order valence-electron chi connectivity index (χ4n) is 8.27. The van der Waals surface area contributed by atoms with Gasteiger partial charge in [-0.25, -0.2) is 18.6 Å². The van der Waals surface area contributed by atoms with Crippen molar-refractivity contribution < 1.29 is 127 Å². The van der Waals surface area contributed by atoms with E-state index in [1.165, 1.54) is 59.4 Å². The van der Waals surface area contributed by atoms with Gasteiger partial charge in [0.05, 0.1) is 50.9 Å². The van der Waals surface area contributed by atoms with Gasteiger partial charge in [-0.1, -0.05) is 39.3 Å². The van der Waals surface area contributed by atoms with Crippen LogP contribution in [0.1, 0.15) is 18.7 Å². The van der Waals surface area contributed by atoms with Crippen LogP contribution >= 0.6 is 44.2 Å². The van der Waals surface area contributed by atoms with Crippen molar-refractivity contribution in [3.8, 4) is 0 Å². The van der Waals surface area contributed by atoms with Gasteiger partial charge in [0.25, 0.3) is 28.1 Å². The Bertz CT molecular complexity index is 3610. The normalized spacial score (nSPS) is 24.1. The number of H-pyrrole nitrogens is 3. The largest absolute Gasteiger partial charge is 1.00 e. The van der Waals surface area contributed by atoms with E-state index in [1.54, 1.807) is 23.9 Å². The van der Waals surface area contributed by atoms with Crippen LogP contribution in [0.25, 0.3) is 0 Å². The number of hydrogen-bond donors (Lipinski definition) is 9. The summed E-state index contributed by atoms with van der Waals surface area (Å²) in [7, 11) is 1.35. The van der Waals surface area contributed by atoms with Crippen molar-refractivity contribution >= 4 is 92.4 Å². The zero-order chi connectivity index (χ0) is 68.5. The molecule has 3 fully saturated rings. The molecular formula is C49H67ClIN8NaO25S5Si2. The molecule has 3 aromatic heterocycles. The van der Waals surface area contributed by atoms with Crippen molar-refractivity contribution in [2.24, 2.45) is 0 Å². The third-order valence-corrected chi connectivity index (χ3v) is 24.6. The Hall–Kier alpha value is -3.44. The Morgan fingerprint density at radius 2 is 0.924 bits per heavy atom. The van der Waals surface area contributed by atoms with Crippen LogP contribution in [0.2, 0.25) is 51.4 Å². The molecule has 3 aliphatic rings. The Kier molecular flexibility index (Phi) is 34.1. The van der Waals surface area contributed by atoms with Crippen LogP contribution < -0.4 is 97.1 Å². The molecule has 0 bridgehead atoms. The molecule has 0 saturated carbocycles. The zero-order valence-corrected chi connectivity index (χ0v) is 60.9. The number of benzene rings is 2. The van der Waals surface area contributed by atoms with Crippen molar-refractivity contribution in [1.29, 1.82) is 0 Å². The van der Waals surface area contributed by atoms with Crippen LogP contribution in [0.4, 0.5) is 11.4 Å². The zero-order valence-electron chi connectivity index (χ0n) is 49.9. The second-order valence-electron chi connectivity index (χ2n) is 22.0. The molecule has 0 aliphatic carbocycles. The van der Waals surface area contributed by atoms with Gasteiger partial charge in [-0.2, -0.15) is 11.8 Å². The third-order valence-electron chi connectivity index (χ3n) is 13.0. The number of non-ortho nitro benzene ring substituents is 2. The minimum atomic E-state index is -5.94. The summed E-state index contributed by atoms with van der Waals surface area (Å²) in [5.74, 6) is 1.25. The second kappa shape index (κ2) is 37.9. The summed E-state index contributed by atoms with van der Waals surface area (Å²) in [4.78, 5) is 97.2. The van der Waals surface area contributed by atoms with Crippen molar-refractivity contribution in [1.82, 2.24) is 28.7 Å². The molecule has 9 N–H and O–H groups in total. The number of thioether (sulfide) groups is 1. The molecule has 33 nitrogen and oxygen atoms in total. The number of nitro benzene ring substituents is 2. The van der Waals surface area contributed by atoms with E-state index >= 15 is 0 Å². The minimum absolute atomic E-state index is 0. The number of hydrogen-bond acceptors (Lipinski definition) is 28. The summed E-state index contributed by atoms with van der Waals surface area (Å²) in [5, 5.41) is 77.8. The molecule has 92 heavy (non-hydrogen) atoms. The van der Waals surface area contributed by atoms with E-state index in [0.717, 1.165) is 72.0 Å². The van der Waals surface area contributed by atoms with Crippen LogP contribution in [0, 0.1) is 20.2 Å². The fraction of sp³-hybridized carbons (Fsp3) is 0.510. The first-order valence-electron chi connectivity index (χ1n) is 26.7. The van der Waals surface area contributed by atoms with Crippen molar-refractivity contribution in [3.05, 3.63) is 168 Å². The van der Waals surface area contributed by atoms with Crippen molar-refractivity contribution in [3.63, 3.8) is 0 Å². The summed E-state index contributed by atoms with van der Waals surface area (Å²) in [6.07, 6.45) is -5.22. The Morgan fingerprint density at radius 3 is 1.28 bits per heavy atom. The smallest absolute Gasteiger partial charge is 0.394 e. The predicted molar refractivity (Wildman–Crippen MR) is 330 cm³/mol. The van der Waals surface area contributed by atoms with Crippen LogP contribution in [0.15, 0.2) is 124 Å². The minimum Gasteiger partial charge on any atom is -0.394 e. The average molecular weight is 1570 g/mol. The predicted octanol–water partition coefficient (Wildman–Crippen LogP) is -8.92. The number of nitrogens with one attached hydrogen (secondary N) is 3. The molecule has 14 atom stereocenters. The van der Waals surface area contributed by atoms with Crippen LogP contribution in [-0.4, -0.2) is 177 Å². The molecule has 43 heteroatoms. The van der Waals surface area contributed by atoms with Gasteiger partial charge in [0, 0.05) is 104 Å². The van der Waals surface area contributed by atoms with Gasteiger partial charge in [-0.15, -0.1) is 0 Å². The molecule has 0 amide bonds. The van der Waals surface area contributed by atoms with E-state index in [0.29, 0.717) is 10.6 Å². The summed E-state index contributed by atoms with van der Waals surface area (Å²) < 4.78 is 80.2. The molecule has 2 aromatic carbocycles. The summed E-state index contributed by atoms with van der Waals surface area (Å²) in [6, 6.07) is 16.7. The molecule has 8 rings (SSSR count). The number of aliphatic hydroxyl groups is 6. The van der Waals surface area contributed by atoms with Gasteiger partial charge in [-0.3, -0.25) is 81.2 Å². The van der Waals surface area contributed by atoms with E-state index < -0.39 is 179 Å². The Morgan fingerprint density at radius 1 is 0.576 bits per heavy atom. The monoisotopic (exact) mass is 1570 g/mol. The molecule has 506 valence electrons. The summed E-state index contributed by atoms with van der Waals surface area (Å²) in [6.45, 7) is 12.0. The van der Waals surface area contributed by atoms with E-state index in [9.17, 15) is 88.1 Å². The van der Waals surface area contributed by atoms with Gasteiger partial charge < -0.3 is 44.8 Å². The van der Waals surface area contributed by atoms with Crippen molar-refractivity contribution in [2.75, 3.05) is 31.3 Å². The standard InChI is InChI=1S/C15H15N3O8S2.C14H24N2O6SSi.C14H24N2O5SSi.C6H4ClNO2S.IO4.Na/c19-7-10-12(21)13(14(26-10)17-6-5-11(20)16-15(17)22)28(25)27-9-3-1-8(2-4-9)18(23)24;1-24(2,3)7-6-23(21)12-11(19)9(8-17)22-13(12)16-5-4-10(18)15-14(16)20;1-23(2,3)7-6-22-12-11(19)9(8-17)21-13(12)16-5-4-10(18)15-14(16)20;7-11-6-3-1-5(2-4-6)8(9)10;2-1(3,4)5;/h1-6,10,12-14,19,21H,7H2,(H,16,20,22);4-5,9,11-13,17,19H,6-8H2,1-3H3,(H,15,18,20);4-5,9,11-13,17,19H,6-8H2,1-3H3,(H,15,18,20);1-4H;;/q;;;;-1;+1/t10-,12+,13?,14-,28?;9-,11+,12?,13-,23?;9-,11+,12?,13-;;;/m111.../s1. The third kappa shape index (κ3) is 25.9. The number of nitro groups is 2. The molecule has 6 heterocycles. The van der Waals surface area contributed by atoms with E-state index in [-0.39, 0.29) is 52.8 Å². The maximum absolute atomic E-state index is 12.9. The molecule has 3 saturated heterocycles. The quantitative estimate of drug-likeness (QED) is 0.0115. The second-order valence-corrected chi connectivity index (χ2v) is 42.7. The number of rotatable bonds is 20. The number of aromatic amines is 3. The summed E-state index contributed by atoms with van der Waals surface area (Å²) >= 11 is -4.39. The van der Waals surface area contributed by atoms with Gasteiger partial charge in [0.15, 0.2) is 18.7 Å². The first kappa shape index (κ1) is 82.8. The van der Waals surface area contributed by atoms with E-state index in [4.69, 9.17) is 38.6 Å². The molecule has 3 aliphatic heterocycles. The average Bonchev–Trinajstić information content (AvgIpc) is 1.64. The fourth-order valence-corrected chi connectivity index (χ4v) is 20.4. The number of aromatic nitrogens is 6. The maximum Gasteiger partial charge on any atom is 1.00 e. The molecule has 5 aromatic rings. The molecule has 0 spiro atoms. The molecular weight excluding hydrogens is 1500 g/mol. The number of ether oxygens (including phenoxy) is 3. The number of nitrogens with zero attached hydrogens (tertiary/aromatic N) is 5. The van der Waals surface area contributed by atoms with Crippen LogP contribution in [0.5, 0.6) is 0 Å². The Labute approximate surface area is 574 Å². The topological polar surface area (TPSA) is 526 Å². The van der Waals surface area contributed by atoms with Gasteiger partial charge in [0.2, 0.25) is 0 Å². The van der Waals surface area contributed by atoms with Crippen LogP contribution in [0.3, 0.4) is 0 Å². The SMILES string of the molecule is C[Si](C)(C)CCS(=O)C1[C@@H](O)[C@@H](CO)O[C@H]1n1ccc(=O)[nH]c1=O.C[Si](C)(C)CCSC1[C@@H](O)[C@@H](CO)O[C@H]1n1ccc(=O)[nH]c1=O.O=[N+]([O-])c1ccc(SCl)cc1.O=c1ccn([C@@H]2O[C@H](CO)[C@H](O)C2S(=O)Sc2ccc([N+](=O)[O-])cc2)c(=O)[nH]1.[Na+].[O-][I+3]([O-])([O-])[O-]. The Balaban J connectivity index is 0.000000321. The van der Waals surface area contributed by atoms with Gasteiger partial charge >= 0.3 is 46.6 Å². The first-order chi connectivity index (χ1) is 42.4. The van der Waals surface area contributed by atoms with Crippen LogP contribution in [-0.2, 0) is 34.8 Å². The maximum atomic E-state index is 12.9. The first-order valence-corrected chi connectivity index (χ1v) is 44.2. The van der Waals surface area contributed by atoms with Gasteiger partial charge in [0.1, 0.15) is 61.1 Å². The van der Waals surface area contributed by atoms with E-state index in [2.05, 4.69) is 49.3 Å². The molecule has 0 radical (unpaired) electrons. The van der Waals surface area contributed by atoms with Gasteiger partial charge in [-0.05, 0) is 74.6 Å². The summed E-state index contributed by atoms with van der Waals surface area (Å²) in [5.41, 5.74) is -3.80. The van der Waals surface area contributed by atoms with E-state index in [1.807, 2.05) is 4.98 Å². The number of halogens is 2. The number of aliphatic hydroxyl groups excluding tert-OH is 6. The van der Waals surface area contributed by atoms with Crippen molar-refractivity contribution in [2.45, 2.75) is 132 Å².